The average Bonchev–Trinajstić information content (AvgIpc) is 2.95. The van der Waals surface area contributed by atoms with E-state index >= 15 is 0 Å². The fraction of sp³-hybridized carbons (Fsp3) is 0.150. The van der Waals surface area contributed by atoms with Crippen LogP contribution in [0.1, 0.15) is 23.7 Å². The highest BCUT2D eigenvalue weighted by atomic mass is 19.1. The van der Waals surface area contributed by atoms with Gasteiger partial charge in [0.25, 0.3) is 5.91 Å². The molecular weight excluding hydrogens is 345 g/mol. The summed E-state index contributed by atoms with van der Waals surface area (Å²) in [7, 11) is 0. The number of nitrogens with two attached hydrogens (primary N) is 1. The zero-order chi connectivity index (χ0) is 19.0. The summed E-state index contributed by atoms with van der Waals surface area (Å²) in [6.45, 7) is 2.49. The number of benzene rings is 2. The van der Waals surface area contributed by atoms with Gasteiger partial charge in [-0.25, -0.2) is 14.4 Å². The van der Waals surface area contributed by atoms with Crippen molar-refractivity contribution >= 4 is 33.9 Å². The Morgan fingerprint density at radius 2 is 1.89 bits per heavy atom. The van der Waals surface area contributed by atoms with Crippen LogP contribution >= 0.6 is 0 Å². The molecule has 7 heteroatoms. The van der Waals surface area contributed by atoms with Crippen molar-refractivity contribution in [2.75, 3.05) is 12.3 Å². The molecule has 2 aromatic heterocycles. The summed E-state index contributed by atoms with van der Waals surface area (Å²) in [4.78, 5) is 22.0. The second-order valence-electron chi connectivity index (χ2n) is 6.22. The van der Waals surface area contributed by atoms with E-state index in [1.165, 1.54) is 12.1 Å². The van der Waals surface area contributed by atoms with E-state index in [1.54, 1.807) is 16.7 Å². The molecule has 1 amide bonds. The first-order valence-electron chi connectivity index (χ1n) is 8.71. The summed E-state index contributed by atoms with van der Waals surface area (Å²) in [6, 6.07) is 13.4. The van der Waals surface area contributed by atoms with E-state index < -0.39 is 5.82 Å². The van der Waals surface area contributed by atoms with Gasteiger partial charge in [-0.2, -0.15) is 0 Å². The molecule has 2 aromatic carbocycles. The molecule has 136 valence electrons. The maximum absolute atomic E-state index is 13.8. The Morgan fingerprint density at radius 1 is 1.15 bits per heavy atom. The summed E-state index contributed by atoms with van der Waals surface area (Å²) in [6.07, 6.45) is 0.794. The number of nitrogen functional groups attached to an aromatic ring is 1. The topological polar surface area (TPSA) is 85.8 Å². The molecule has 0 aliphatic carbocycles. The van der Waals surface area contributed by atoms with Gasteiger partial charge >= 0.3 is 0 Å². The molecule has 4 aromatic rings. The van der Waals surface area contributed by atoms with E-state index in [0.29, 0.717) is 34.4 Å². The molecule has 0 aliphatic heterocycles. The van der Waals surface area contributed by atoms with Crippen LogP contribution in [0.3, 0.4) is 0 Å². The number of nitrogens with one attached hydrogen (secondary N) is 1. The lowest BCUT2D eigenvalue weighted by Crippen LogP contribution is -2.25. The number of amides is 1. The second kappa shape index (κ2) is 6.68. The Bertz CT molecular complexity index is 1170. The molecule has 0 unspecified atom stereocenters. The molecule has 0 bridgehead atoms. The van der Waals surface area contributed by atoms with Crippen molar-refractivity contribution in [1.82, 2.24) is 19.9 Å². The molecule has 0 radical (unpaired) electrons. The Hall–Kier alpha value is -3.48. The lowest BCUT2D eigenvalue weighted by atomic mass is 10.2. The third-order valence-corrected chi connectivity index (χ3v) is 4.33. The van der Waals surface area contributed by atoms with Crippen LogP contribution in [-0.2, 0) is 0 Å². The van der Waals surface area contributed by atoms with Gasteiger partial charge in [-0.3, -0.25) is 9.36 Å². The van der Waals surface area contributed by atoms with Gasteiger partial charge in [0.2, 0.25) is 0 Å². The number of nitrogens with zero attached hydrogens (tertiary/aromatic N) is 3. The highest BCUT2D eigenvalue weighted by molar-refractivity contribution is 6.11. The highest BCUT2D eigenvalue weighted by Crippen LogP contribution is 2.31. The molecule has 3 N–H and O–H groups in total. The summed E-state index contributed by atoms with van der Waals surface area (Å²) < 4.78 is 15.4. The van der Waals surface area contributed by atoms with E-state index in [1.807, 2.05) is 31.2 Å². The Balaban J connectivity index is 2.05. The summed E-state index contributed by atoms with van der Waals surface area (Å²) in [5, 5.41) is 2.83. The van der Waals surface area contributed by atoms with E-state index in [2.05, 4.69) is 15.3 Å². The van der Waals surface area contributed by atoms with Gasteiger partial charge in [0.1, 0.15) is 22.7 Å². The molecule has 0 atom stereocenters. The number of hydrogen-bond acceptors (Lipinski definition) is 4. The van der Waals surface area contributed by atoms with Crippen molar-refractivity contribution in [1.29, 1.82) is 0 Å². The minimum Gasteiger partial charge on any atom is -0.384 e. The first-order valence-corrected chi connectivity index (χ1v) is 8.71. The van der Waals surface area contributed by atoms with Crippen LogP contribution in [-0.4, -0.2) is 27.0 Å². The van der Waals surface area contributed by atoms with Gasteiger partial charge in [-0.1, -0.05) is 25.1 Å². The fourth-order valence-corrected chi connectivity index (χ4v) is 3.09. The Morgan fingerprint density at radius 3 is 2.59 bits per heavy atom. The number of para-hydroxylation sites is 2. The molecular formula is C20H18FN5O. The lowest BCUT2D eigenvalue weighted by Gasteiger charge is -2.08. The predicted octanol–water partition coefficient (Wildman–Crippen LogP) is 3.43. The van der Waals surface area contributed by atoms with Gasteiger partial charge in [-0.15, -0.1) is 0 Å². The summed E-state index contributed by atoms with van der Waals surface area (Å²) >= 11 is 0. The van der Waals surface area contributed by atoms with Crippen molar-refractivity contribution in [2.45, 2.75) is 13.3 Å². The van der Waals surface area contributed by atoms with Gasteiger partial charge in [0.05, 0.1) is 16.7 Å². The van der Waals surface area contributed by atoms with E-state index in [9.17, 15) is 9.18 Å². The van der Waals surface area contributed by atoms with Crippen LogP contribution in [0, 0.1) is 5.82 Å². The molecule has 27 heavy (non-hydrogen) atoms. The number of aromatic nitrogens is 3. The van der Waals surface area contributed by atoms with E-state index in [0.717, 1.165) is 6.42 Å². The number of rotatable bonds is 4. The third-order valence-electron chi connectivity index (χ3n) is 4.33. The maximum Gasteiger partial charge on any atom is 0.257 e. The number of halogens is 1. The summed E-state index contributed by atoms with van der Waals surface area (Å²) in [5.41, 5.74) is 9.20. The van der Waals surface area contributed by atoms with Gasteiger partial charge in [-0.05, 0) is 36.8 Å². The minimum absolute atomic E-state index is 0.180. The van der Waals surface area contributed by atoms with Crippen LogP contribution in [0.2, 0.25) is 0 Å². The number of carbonyl (C=O) groups is 1. The van der Waals surface area contributed by atoms with Crippen LogP contribution in [0.5, 0.6) is 0 Å². The van der Waals surface area contributed by atoms with Crippen molar-refractivity contribution in [3.05, 3.63) is 59.9 Å². The van der Waals surface area contributed by atoms with E-state index in [4.69, 9.17) is 5.73 Å². The zero-order valence-electron chi connectivity index (χ0n) is 14.7. The van der Waals surface area contributed by atoms with Crippen LogP contribution < -0.4 is 11.1 Å². The number of anilines is 1. The van der Waals surface area contributed by atoms with Crippen molar-refractivity contribution in [3.63, 3.8) is 0 Å². The standard InChI is InChI=1S/C20H18FN5O/c1-2-10-23-20(27)16-17-19(25-15-9-4-3-8-14(15)24-17)26(18(16)22)13-7-5-6-12(21)11-13/h3-9,11H,2,10,22H2,1H3,(H,23,27). The second-order valence-corrected chi connectivity index (χ2v) is 6.22. The van der Waals surface area contributed by atoms with Crippen LogP contribution in [0.4, 0.5) is 10.2 Å². The molecule has 0 saturated carbocycles. The molecule has 0 aliphatic rings. The first kappa shape index (κ1) is 17.0. The normalized spacial score (nSPS) is 11.2. The third kappa shape index (κ3) is 2.87. The summed E-state index contributed by atoms with van der Waals surface area (Å²) in [5.74, 6) is -0.543. The van der Waals surface area contributed by atoms with Crippen LogP contribution in [0.15, 0.2) is 48.5 Å². The smallest absolute Gasteiger partial charge is 0.257 e. The predicted molar refractivity (Wildman–Crippen MR) is 103 cm³/mol. The number of fused-ring (bicyclic) bond motifs is 2. The quantitative estimate of drug-likeness (QED) is 0.582. The largest absolute Gasteiger partial charge is 0.384 e. The van der Waals surface area contributed by atoms with Crippen molar-refractivity contribution < 1.29 is 9.18 Å². The van der Waals surface area contributed by atoms with Gasteiger partial charge in [0.15, 0.2) is 5.65 Å². The molecule has 0 fully saturated rings. The minimum atomic E-state index is -0.403. The monoisotopic (exact) mass is 363 g/mol. The number of hydrogen-bond donors (Lipinski definition) is 2. The zero-order valence-corrected chi connectivity index (χ0v) is 14.7. The van der Waals surface area contributed by atoms with Crippen LogP contribution in [0.25, 0.3) is 27.9 Å². The maximum atomic E-state index is 13.8. The van der Waals surface area contributed by atoms with E-state index in [-0.39, 0.29) is 17.3 Å². The molecule has 0 spiro atoms. The molecule has 2 heterocycles. The van der Waals surface area contributed by atoms with Crippen molar-refractivity contribution in [3.8, 4) is 5.69 Å². The average molecular weight is 363 g/mol. The highest BCUT2D eigenvalue weighted by Gasteiger charge is 2.24. The van der Waals surface area contributed by atoms with Crippen molar-refractivity contribution in [2.24, 2.45) is 0 Å². The fourth-order valence-electron chi connectivity index (χ4n) is 3.09. The van der Waals surface area contributed by atoms with Gasteiger partial charge < -0.3 is 11.1 Å². The van der Waals surface area contributed by atoms with Gasteiger partial charge in [0, 0.05) is 6.54 Å². The SMILES string of the molecule is CCCNC(=O)c1c(N)n(-c2cccc(F)c2)c2nc3ccccc3nc12. The number of carbonyl (C=O) groups excluding carboxylic acids is 1. The Labute approximate surface area is 154 Å². The Kier molecular flexibility index (Phi) is 4.19. The molecule has 6 nitrogen and oxygen atoms in total. The molecule has 4 rings (SSSR count). The molecule has 0 saturated heterocycles. The lowest BCUT2D eigenvalue weighted by molar-refractivity contribution is 0.0956. The first-order chi connectivity index (χ1) is 13.1.